The first-order valence-corrected chi connectivity index (χ1v) is 7.98. The van der Waals surface area contributed by atoms with Gasteiger partial charge in [-0.05, 0) is 11.1 Å². The summed E-state index contributed by atoms with van der Waals surface area (Å²) in [5.41, 5.74) is 2.20. The molecule has 1 rings (SSSR count). The number of hydrogen-bond acceptors (Lipinski definition) is 3. The maximum Gasteiger partial charge on any atom is 0.151 e. The van der Waals surface area contributed by atoms with Crippen LogP contribution < -0.4 is 5.32 Å². The predicted octanol–water partition coefficient (Wildman–Crippen LogP) is 1.95. The van der Waals surface area contributed by atoms with E-state index in [9.17, 15) is 8.42 Å². The van der Waals surface area contributed by atoms with E-state index in [-0.39, 0.29) is 11.5 Å². The van der Waals surface area contributed by atoms with Crippen molar-refractivity contribution in [2.75, 3.05) is 18.1 Å². The molecule has 3 nitrogen and oxygen atoms in total. The Bertz CT molecular complexity index is 446. The van der Waals surface area contributed by atoms with E-state index < -0.39 is 9.84 Å². The zero-order valence-corrected chi connectivity index (χ0v) is 11.5. The Morgan fingerprint density at radius 3 is 2.65 bits per heavy atom. The zero-order chi connectivity index (χ0) is 12.7. The Balaban J connectivity index is 2.36. The largest absolute Gasteiger partial charge is 0.312 e. The molecule has 1 aromatic rings. The van der Waals surface area contributed by atoms with Crippen molar-refractivity contribution in [3.63, 3.8) is 0 Å². The first-order valence-electron chi connectivity index (χ1n) is 5.62. The molecule has 0 amide bonds. The molecular weight excluding hydrogens is 258 g/mol. The van der Waals surface area contributed by atoms with Gasteiger partial charge in [0.05, 0.1) is 5.75 Å². The van der Waals surface area contributed by atoms with Crippen LogP contribution in [-0.4, -0.2) is 26.5 Å². The molecule has 0 bridgehead atoms. The Labute approximate surface area is 108 Å². The van der Waals surface area contributed by atoms with Gasteiger partial charge in [0.25, 0.3) is 0 Å². The van der Waals surface area contributed by atoms with Crippen LogP contribution in [0.4, 0.5) is 0 Å². The van der Waals surface area contributed by atoms with Crippen molar-refractivity contribution in [3.8, 4) is 0 Å². The van der Waals surface area contributed by atoms with Crippen LogP contribution in [0.25, 0.3) is 0 Å². The summed E-state index contributed by atoms with van der Waals surface area (Å²) in [6, 6.07) is 7.95. The van der Waals surface area contributed by atoms with Gasteiger partial charge >= 0.3 is 0 Å². The number of rotatable bonds is 7. The Morgan fingerprint density at radius 2 is 2.00 bits per heavy atom. The van der Waals surface area contributed by atoms with Crippen LogP contribution in [0.2, 0.25) is 0 Å². The third kappa shape index (κ3) is 5.52. The number of halogens is 1. The summed E-state index contributed by atoms with van der Waals surface area (Å²) >= 11 is 5.74. The molecule has 0 saturated heterocycles. The number of benzene rings is 1. The highest BCUT2D eigenvalue weighted by Crippen LogP contribution is 2.07. The molecule has 17 heavy (non-hydrogen) atoms. The molecule has 0 unspecified atom stereocenters. The van der Waals surface area contributed by atoms with Crippen molar-refractivity contribution in [2.45, 2.75) is 19.3 Å². The van der Waals surface area contributed by atoms with Gasteiger partial charge in [0, 0.05) is 24.7 Å². The summed E-state index contributed by atoms with van der Waals surface area (Å²) in [7, 11) is -2.87. The average molecular weight is 276 g/mol. The molecule has 0 fully saturated rings. The van der Waals surface area contributed by atoms with Gasteiger partial charge < -0.3 is 5.32 Å². The van der Waals surface area contributed by atoms with Crippen LogP contribution in [0.15, 0.2) is 24.3 Å². The predicted molar refractivity (Wildman–Crippen MR) is 72.0 cm³/mol. The van der Waals surface area contributed by atoms with Crippen molar-refractivity contribution in [2.24, 2.45) is 0 Å². The van der Waals surface area contributed by atoms with E-state index in [4.69, 9.17) is 11.6 Å². The summed E-state index contributed by atoms with van der Waals surface area (Å²) < 4.78 is 22.5. The van der Waals surface area contributed by atoms with Crippen LogP contribution in [0, 0.1) is 0 Å². The second-order valence-corrected chi connectivity index (χ2v) is 6.61. The molecule has 0 radical (unpaired) electrons. The van der Waals surface area contributed by atoms with Crippen molar-refractivity contribution in [1.29, 1.82) is 0 Å². The monoisotopic (exact) mass is 275 g/mol. The van der Waals surface area contributed by atoms with Crippen molar-refractivity contribution in [3.05, 3.63) is 35.4 Å². The lowest BCUT2D eigenvalue weighted by molar-refractivity contribution is 0.592. The molecule has 5 heteroatoms. The molecule has 1 aromatic carbocycles. The Hall–Kier alpha value is -0.580. The maximum absolute atomic E-state index is 11.3. The van der Waals surface area contributed by atoms with Crippen molar-refractivity contribution < 1.29 is 8.42 Å². The molecule has 0 heterocycles. The Morgan fingerprint density at radius 1 is 1.29 bits per heavy atom. The fraction of sp³-hybridized carbons (Fsp3) is 0.500. The van der Waals surface area contributed by atoms with Gasteiger partial charge in [-0.2, -0.15) is 0 Å². The van der Waals surface area contributed by atoms with Crippen molar-refractivity contribution in [1.82, 2.24) is 5.32 Å². The molecule has 0 aromatic heterocycles. The van der Waals surface area contributed by atoms with Crippen LogP contribution in [0.1, 0.15) is 18.1 Å². The summed E-state index contributed by atoms with van der Waals surface area (Å²) in [6.07, 6.45) is 0. The minimum Gasteiger partial charge on any atom is -0.312 e. The summed E-state index contributed by atoms with van der Waals surface area (Å²) in [4.78, 5) is 0. The van der Waals surface area contributed by atoms with Crippen LogP contribution in [0.5, 0.6) is 0 Å². The quantitative estimate of drug-likeness (QED) is 0.611. The van der Waals surface area contributed by atoms with E-state index in [1.807, 2.05) is 24.3 Å². The summed E-state index contributed by atoms with van der Waals surface area (Å²) in [5.74, 6) is 0.896. The fourth-order valence-corrected chi connectivity index (χ4v) is 2.34. The highest BCUT2D eigenvalue weighted by molar-refractivity contribution is 7.91. The normalized spacial score (nSPS) is 11.6. The molecule has 96 valence electrons. The molecule has 1 N–H and O–H groups in total. The van der Waals surface area contributed by atoms with E-state index in [1.54, 1.807) is 6.92 Å². The van der Waals surface area contributed by atoms with Gasteiger partial charge in [-0.1, -0.05) is 31.2 Å². The molecule has 0 saturated carbocycles. The van der Waals surface area contributed by atoms with Crippen molar-refractivity contribution >= 4 is 21.4 Å². The smallest absolute Gasteiger partial charge is 0.151 e. The van der Waals surface area contributed by atoms with Gasteiger partial charge in [-0.3, -0.25) is 0 Å². The number of hydrogen-bond donors (Lipinski definition) is 1. The van der Waals surface area contributed by atoms with E-state index in [2.05, 4.69) is 5.32 Å². The lowest BCUT2D eigenvalue weighted by atomic mass is 10.1. The lowest BCUT2D eigenvalue weighted by Gasteiger charge is -2.06. The standard InChI is InChI=1S/C12H18ClNO2S/c1-2-17(15,16)7-6-14-10-12-5-3-4-11(8-12)9-13/h3-5,8,14H,2,6-7,9-10H2,1H3. The second kappa shape index (κ2) is 6.99. The first-order chi connectivity index (χ1) is 8.07. The van der Waals surface area contributed by atoms with Gasteiger partial charge in [0.1, 0.15) is 0 Å². The molecule has 0 aliphatic carbocycles. The minimum atomic E-state index is -2.87. The second-order valence-electron chi connectivity index (χ2n) is 3.87. The van der Waals surface area contributed by atoms with Crippen LogP contribution >= 0.6 is 11.6 Å². The van der Waals surface area contributed by atoms with E-state index in [0.29, 0.717) is 19.0 Å². The third-order valence-corrected chi connectivity index (χ3v) is 4.52. The number of sulfone groups is 1. The Kier molecular flexibility index (Phi) is 5.95. The van der Waals surface area contributed by atoms with Gasteiger partial charge in [-0.25, -0.2) is 8.42 Å². The molecule has 0 spiro atoms. The molecule has 0 atom stereocenters. The van der Waals surface area contributed by atoms with E-state index in [1.165, 1.54) is 0 Å². The first kappa shape index (κ1) is 14.5. The molecule has 0 aliphatic heterocycles. The highest BCUT2D eigenvalue weighted by Gasteiger charge is 2.05. The lowest BCUT2D eigenvalue weighted by Crippen LogP contribution is -2.23. The molecular formula is C12H18ClNO2S. The zero-order valence-electron chi connectivity index (χ0n) is 9.95. The molecule has 0 aliphatic rings. The average Bonchev–Trinajstić information content (AvgIpc) is 2.35. The van der Waals surface area contributed by atoms with E-state index in [0.717, 1.165) is 11.1 Å². The topological polar surface area (TPSA) is 46.2 Å². The van der Waals surface area contributed by atoms with Crippen LogP contribution in [-0.2, 0) is 22.3 Å². The number of alkyl halides is 1. The highest BCUT2D eigenvalue weighted by atomic mass is 35.5. The minimum absolute atomic E-state index is 0.193. The SMILES string of the molecule is CCS(=O)(=O)CCNCc1cccc(CCl)c1. The maximum atomic E-state index is 11.3. The third-order valence-electron chi connectivity index (χ3n) is 2.50. The van der Waals surface area contributed by atoms with Crippen LogP contribution in [0.3, 0.4) is 0 Å². The fourth-order valence-electron chi connectivity index (χ4n) is 1.43. The van der Waals surface area contributed by atoms with Gasteiger partial charge in [-0.15, -0.1) is 11.6 Å². The number of nitrogens with one attached hydrogen (secondary N) is 1. The summed E-state index contributed by atoms with van der Waals surface area (Å²) in [5, 5.41) is 3.12. The summed E-state index contributed by atoms with van der Waals surface area (Å²) in [6.45, 7) is 2.82. The van der Waals surface area contributed by atoms with E-state index >= 15 is 0 Å². The van der Waals surface area contributed by atoms with Gasteiger partial charge in [0.15, 0.2) is 9.84 Å². The van der Waals surface area contributed by atoms with Gasteiger partial charge in [0.2, 0.25) is 0 Å².